The highest BCUT2D eigenvalue weighted by atomic mass is 16.3. The lowest BCUT2D eigenvalue weighted by atomic mass is 9.67. The molecule has 19 heavy (non-hydrogen) atoms. The minimum absolute atomic E-state index is 0.211. The average molecular weight is 255 g/mol. The van der Waals surface area contributed by atoms with Crippen LogP contribution in [0.15, 0.2) is 36.7 Å². The van der Waals surface area contributed by atoms with E-state index in [0.717, 1.165) is 35.6 Å². The Hall–Kier alpha value is -1.41. The van der Waals surface area contributed by atoms with Crippen molar-refractivity contribution in [3.63, 3.8) is 0 Å². The van der Waals surface area contributed by atoms with E-state index in [1.807, 2.05) is 24.5 Å². The number of rotatable bonds is 1. The van der Waals surface area contributed by atoms with E-state index in [1.54, 1.807) is 0 Å². The summed E-state index contributed by atoms with van der Waals surface area (Å²) in [5, 5.41) is 13.4. The van der Waals surface area contributed by atoms with Crippen LogP contribution in [-0.2, 0) is 5.60 Å². The molecule has 0 spiro atoms. The normalized spacial score (nSPS) is 26.5. The minimum atomic E-state index is -0.692. The molecule has 2 heteroatoms. The van der Waals surface area contributed by atoms with Gasteiger partial charge in [-0.2, -0.15) is 0 Å². The van der Waals surface area contributed by atoms with Crippen LogP contribution < -0.4 is 0 Å². The van der Waals surface area contributed by atoms with Crippen molar-refractivity contribution in [3.8, 4) is 0 Å². The molecule has 1 fully saturated rings. The molecule has 1 aliphatic rings. The summed E-state index contributed by atoms with van der Waals surface area (Å²) in [6, 6.07) is 8.18. The number of pyridine rings is 1. The quantitative estimate of drug-likeness (QED) is 0.834. The Balaban J connectivity index is 2.13. The Kier molecular flexibility index (Phi) is 2.86. The lowest BCUT2D eigenvalue weighted by Gasteiger charge is -2.42. The number of hydrogen-bond donors (Lipinski definition) is 1. The Morgan fingerprint density at radius 3 is 2.79 bits per heavy atom. The van der Waals surface area contributed by atoms with Gasteiger partial charge in [-0.3, -0.25) is 4.98 Å². The molecule has 1 atom stereocenters. The molecular weight excluding hydrogens is 234 g/mol. The van der Waals surface area contributed by atoms with Crippen LogP contribution >= 0.6 is 0 Å². The molecule has 1 saturated carbocycles. The molecule has 3 rings (SSSR count). The lowest BCUT2D eigenvalue weighted by Crippen LogP contribution is -2.36. The van der Waals surface area contributed by atoms with Gasteiger partial charge in [0.25, 0.3) is 0 Å². The van der Waals surface area contributed by atoms with Gasteiger partial charge in [0.15, 0.2) is 0 Å². The number of aliphatic hydroxyl groups is 1. The first-order valence-corrected chi connectivity index (χ1v) is 7.06. The van der Waals surface area contributed by atoms with Crippen LogP contribution in [0.5, 0.6) is 0 Å². The fraction of sp³-hybridized carbons (Fsp3) is 0.471. The Morgan fingerprint density at radius 1 is 1.16 bits per heavy atom. The zero-order valence-corrected chi connectivity index (χ0v) is 11.7. The number of benzene rings is 1. The zero-order chi connectivity index (χ0) is 13.5. The molecule has 1 aliphatic carbocycles. The summed E-state index contributed by atoms with van der Waals surface area (Å²) < 4.78 is 0. The van der Waals surface area contributed by atoms with Gasteiger partial charge in [-0.25, -0.2) is 0 Å². The van der Waals surface area contributed by atoms with E-state index in [9.17, 15) is 5.11 Å². The smallest absolute Gasteiger partial charge is 0.0907 e. The summed E-state index contributed by atoms with van der Waals surface area (Å²) in [6.07, 6.45) is 7.66. The van der Waals surface area contributed by atoms with Crippen LogP contribution in [0.25, 0.3) is 10.8 Å². The predicted octanol–water partition coefficient (Wildman–Crippen LogP) is 4.02. The molecule has 100 valence electrons. The largest absolute Gasteiger partial charge is 0.385 e. The van der Waals surface area contributed by atoms with E-state index in [4.69, 9.17) is 0 Å². The minimum Gasteiger partial charge on any atom is -0.385 e. The molecule has 0 amide bonds. The second-order valence-electron chi connectivity index (χ2n) is 6.63. The highest BCUT2D eigenvalue weighted by Gasteiger charge is 2.40. The SMILES string of the molecule is CC1(C)CCCC(O)(c2cccc3cnccc23)C1. The molecule has 1 unspecified atom stereocenters. The predicted molar refractivity (Wildman–Crippen MR) is 77.9 cm³/mol. The average Bonchev–Trinajstić information content (AvgIpc) is 2.36. The van der Waals surface area contributed by atoms with Gasteiger partial charge in [0.2, 0.25) is 0 Å². The van der Waals surface area contributed by atoms with Crippen LogP contribution in [-0.4, -0.2) is 10.1 Å². The molecule has 0 radical (unpaired) electrons. The first-order chi connectivity index (χ1) is 9.00. The fourth-order valence-corrected chi connectivity index (χ4v) is 3.59. The van der Waals surface area contributed by atoms with Crippen molar-refractivity contribution >= 4 is 10.8 Å². The van der Waals surface area contributed by atoms with E-state index < -0.39 is 5.60 Å². The maximum Gasteiger partial charge on any atom is 0.0907 e. The van der Waals surface area contributed by atoms with Crippen LogP contribution in [0.4, 0.5) is 0 Å². The van der Waals surface area contributed by atoms with Crippen LogP contribution in [0.3, 0.4) is 0 Å². The van der Waals surface area contributed by atoms with Crippen LogP contribution in [0.2, 0.25) is 0 Å². The molecule has 1 aromatic heterocycles. The van der Waals surface area contributed by atoms with Gasteiger partial charge >= 0.3 is 0 Å². The van der Waals surface area contributed by atoms with Crippen molar-refractivity contribution in [2.45, 2.75) is 45.1 Å². The van der Waals surface area contributed by atoms with Crippen molar-refractivity contribution in [3.05, 3.63) is 42.2 Å². The van der Waals surface area contributed by atoms with Gasteiger partial charge in [0.05, 0.1) is 5.60 Å². The Morgan fingerprint density at radius 2 is 2.00 bits per heavy atom. The first kappa shape index (κ1) is 12.6. The van der Waals surface area contributed by atoms with Gasteiger partial charge in [0.1, 0.15) is 0 Å². The number of nitrogens with zero attached hydrogens (tertiary/aromatic N) is 1. The lowest BCUT2D eigenvalue weighted by molar-refractivity contribution is -0.0428. The molecule has 1 N–H and O–H groups in total. The fourth-order valence-electron chi connectivity index (χ4n) is 3.59. The third kappa shape index (κ3) is 2.25. The van der Waals surface area contributed by atoms with Gasteiger partial charge in [-0.05, 0) is 48.1 Å². The standard InChI is InChI=1S/C17H21NO/c1-16(2)8-4-9-17(19,12-16)15-6-3-5-13-11-18-10-7-14(13)15/h3,5-7,10-11,19H,4,8-9,12H2,1-2H3. The second kappa shape index (κ2) is 4.31. The van der Waals surface area contributed by atoms with E-state index in [1.165, 1.54) is 6.42 Å². The van der Waals surface area contributed by atoms with Gasteiger partial charge in [-0.1, -0.05) is 32.0 Å². The molecule has 0 aliphatic heterocycles. The van der Waals surface area contributed by atoms with Crippen molar-refractivity contribution < 1.29 is 5.11 Å². The summed E-state index contributed by atoms with van der Waals surface area (Å²) >= 11 is 0. The Labute approximate surface area is 114 Å². The topological polar surface area (TPSA) is 33.1 Å². The molecule has 1 aromatic carbocycles. The highest BCUT2D eigenvalue weighted by Crippen LogP contribution is 2.47. The molecule has 1 heterocycles. The van der Waals surface area contributed by atoms with E-state index in [-0.39, 0.29) is 5.41 Å². The molecular formula is C17H21NO. The van der Waals surface area contributed by atoms with Crippen molar-refractivity contribution in [1.82, 2.24) is 4.98 Å². The molecule has 2 aromatic rings. The van der Waals surface area contributed by atoms with Crippen LogP contribution in [0.1, 0.15) is 45.1 Å². The van der Waals surface area contributed by atoms with Gasteiger partial charge in [0, 0.05) is 17.8 Å². The summed E-state index contributed by atoms with van der Waals surface area (Å²) in [7, 11) is 0. The first-order valence-electron chi connectivity index (χ1n) is 7.06. The van der Waals surface area contributed by atoms with E-state index >= 15 is 0 Å². The van der Waals surface area contributed by atoms with Gasteiger partial charge in [-0.15, -0.1) is 0 Å². The van der Waals surface area contributed by atoms with Crippen molar-refractivity contribution in [2.75, 3.05) is 0 Å². The molecule has 0 bridgehead atoms. The van der Waals surface area contributed by atoms with Crippen molar-refractivity contribution in [2.24, 2.45) is 5.41 Å². The summed E-state index contributed by atoms with van der Waals surface area (Å²) in [4.78, 5) is 4.17. The zero-order valence-electron chi connectivity index (χ0n) is 11.7. The molecule has 0 saturated heterocycles. The number of fused-ring (bicyclic) bond motifs is 1. The Bertz CT molecular complexity index is 600. The van der Waals surface area contributed by atoms with Gasteiger partial charge < -0.3 is 5.11 Å². The highest BCUT2D eigenvalue weighted by molar-refractivity contribution is 5.85. The van der Waals surface area contributed by atoms with Crippen LogP contribution in [0, 0.1) is 5.41 Å². The maximum absolute atomic E-state index is 11.2. The summed E-state index contributed by atoms with van der Waals surface area (Å²) in [5.41, 5.74) is 0.588. The maximum atomic E-state index is 11.2. The third-order valence-corrected chi connectivity index (χ3v) is 4.40. The van der Waals surface area contributed by atoms with Crippen molar-refractivity contribution in [1.29, 1.82) is 0 Å². The monoisotopic (exact) mass is 255 g/mol. The van der Waals surface area contributed by atoms with E-state index in [2.05, 4.69) is 31.0 Å². The number of hydrogen-bond acceptors (Lipinski definition) is 2. The molecule has 2 nitrogen and oxygen atoms in total. The third-order valence-electron chi connectivity index (χ3n) is 4.40. The summed E-state index contributed by atoms with van der Waals surface area (Å²) in [5.74, 6) is 0. The number of aromatic nitrogens is 1. The van der Waals surface area contributed by atoms with E-state index in [0.29, 0.717) is 0 Å². The second-order valence-corrected chi connectivity index (χ2v) is 6.63. The summed E-state index contributed by atoms with van der Waals surface area (Å²) in [6.45, 7) is 4.51.